The summed E-state index contributed by atoms with van der Waals surface area (Å²) < 4.78 is 6.80. The molecule has 0 radical (unpaired) electrons. The fraction of sp³-hybridized carbons (Fsp3) is 0.179. The molecule has 1 aliphatic rings. The van der Waals surface area contributed by atoms with Crippen LogP contribution in [-0.4, -0.2) is 33.5 Å². The Bertz CT molecular complexity index is 1570. The summed E-state index contributed by atoms with van der Waals surface area (Å²) in [7, 11) is 0. The van der Waals surface area contributed by atoms with E-state index in [1.807, 2.05) is 53.0 Å². The first-order valence-electron chi connectivity index (χ1n) is 11.8. The zero-order valence-electron chi connectivity index (χ0n) is 19.7. The second-order valence-electron chi connectivity index (χ2n) is 8.71. The molecule has 5 aromatic rings. The zero-order valence-corrected chi connectivity index (χ0v) is 21.3. The molecule has 0 saturated carbocycles. The normalized spacial score (nSPS) is 15.8. The lowest BCUT2D eigenvalue weighted by atomic mass is 10.00. The maximum absolute atomic E-state index is 12.9. The second kappa shape index (κ2) is 9.72. The molecule has 1 N–H and O–H groups in total. The number of amides is 1. The number of nitrogens with zero attached hydrogens (tertiary/aromatic N) is 3. The van der Waals surface area contributed by atoms with Crippen LogP contribution in [0.5, 0.6) is 0 Å². The molecular weight excluding hydrogens is 488 g/mol. The molecule has 3 aromatic heterocycles. The molecule has 1 unspecified atom stereocenters. The van der Waals surface area contributed by atoms with Gasteiger partial charge in [-0.3, -0.25) is 0 Å². The lowest BCUT2D eigenvalue weighted by molar-refractivity contribution is 0.0900. The molecule has 0 bridgehead atoms. The van der Waals surface area contributed by atoms with Crippen molar-refractivity contribution in [3.8, 4) is 0 Å². The molecule has 6 rings (SSSR count). The summed E-state index contributed by atoms with van der Waals surface area (Å²) in [4.78, 5) is 25.9. The molecule has 36 heavy (non-hydrogen) atoms. The molecule has 6 nitrogen and oxygen atoms in total. The molecule has 8 heteroatoms. The van der Waals surface area contributed by atoms with E-state index in [0.717, 1.165) is 49.5 Å². The minimum atomic E-state index is -0.282. The average Bonchev–Trinajstić information content (AvgIpc) is 3.55. The number of carbonyl (C=O) groups is 1. The van der Waals surface area contributed by atoms with Crippen LogP contribution >= 0.6 is 22.7 Å². The Hall–Kier alpha value is -3.75. The van der Waals surface area contributed by atoms with Crippen LogP contribution in [0.25, 0.3) is 26.0 Å². The van der Waals surface area contributed by atoms with Crippen LogP contribution in [0.1, 0.15) is 23.8 Å². The first kappa shape index (κ1) is 22.7. The predicted molar refractivity (Wildman–Crippen MR) is 148 cm³/mol. The summed E-state index contributed by atoms with van der Waals surface area (Å²) >= 11 is 3.29. The van der Waals surface area contributed by atoms with E-state index in [4.69, 9.17) is 4.74 Å². The summed E-state index contributed by atoms with van der Waals surface area (Å²) in [5, 5.41) is 4.61. The molecule has 2 aromatic carbocycles. The van der Waals surface area contributed by atoms with Crippen molar-refractivity contribution in [1.82, 2.24) is 14.9 Å². The van der Waals surface area contributed by atoms with E-state index in [2.05, 4.69) is 52.5 Å². The minimum absolute atomic E-state index is 0.0847. The molecule has 1 aliphatic heterocycles. The smallest absolute Gasteiger partial charge is 0.410 e. The van der Waals surface area contributed by atoms with E-state index in [0.29, 0.717) is 6.54 Å². The average molecular weight is 513 g/mol. The van der Waals surface area contributed by atoms with E-state index in [9.17, 15) is 4.79 Å². The fourth-order valence-corrected chi connectivity index (χ4v) is 6.34. The van der Waals surface area contributed by atoms with E-state index >= 15 is 0 Å². The van der Waals surface area contributed by atoms with Crippen molar-refractivity contribution in [2.24, 2.45) is 0 Å². The number of ether oxygens (including phenoxy) is 1. The third kappa shape index (κ3) is 4.45. The van der Waals surface area contributed by atoms with Crippen LogP contribution in [0, 0.1) is 0 Å². The monoisotopic (exact) mass is 512 g/mol. The van der Waals surface area contributed by atoms with Gasteiger partial charge < -0.3 is 15.0 Å². The Morgan fingerprint density at radius 1 is 1.14 bits per heavy atom. The molecular formula is C28H24N4O2S2. The summed E-state index contributed by atoms with van der Waals surface area (Å²) in [6.07, 6.45) is 4.58. The molecule has 180 valence electrons. The number of pyridine rings is 1. The van der Waals surface area contributed by atoms with Crippen molar-refractivity contribution < 1.29 is 9.53 Å². The van der Waals surface area contributed by atoms with Crippen molar-refractivity contribution >= 4 is 66.1 Å². The maximum atomic E-state index is 12.9. The highest BCUT2D eigenvalue weighted by Crippen LogP contribution is 2.38. The van der Waals surface area contributed by atoms with Gasteiger partial charge in [0.05, 0.1) is 27.5 Å². The number of fused-ring (bicyclic) bond motifs is 2. The fourth-order valence-electron chi connectivity index (χ4n) is 4.53. The van der Waals surface area contributed by atoms with E-state index in [1.54, 1.807) is 22.7 Å². The number of aromatic nitrogens is 2. The van der Waals surface area contributed by atoms with Gasteiger partial charge in [0.25, 0.3) is 0 Å². The summed E-state index contributed by atoms with van der Waals surface area (Å²) in [6.45, 7) is 2.98. The first-order chi connectivity index (χ1) is 17.7. The Morgan fingerprint density at radius 2 is 2.03 bits per heavy atom. The van der Waals surface area contributed by atoms with Gasteiger partial charge in [0.15, 0.2) is 0 Å². The van der Waals surface area contributed by atoms with Gasteiger partial charge in [-0.15, -0.1) is 22.7 Å². The number of rotatable bonds is 5. The van der Waals surface area contributed by atoms with Gasteiger partial charge in [0.1, 0.15) is 11.4 Å². The molecule has 1 atom stereocenters. The van der Waals surface area contributed by atoms with Crippen LogP contribution in [0.4, 0.5) is 16.2 Å². The number of hydrogen-bond donors (Lipinski definition) is 1. The Labute approximate surface area is 216 Å². The number of nitrogens with one attached hydrogen (secondary N) is 1. The van der Waals surface area contributed by atoms with Crippen LogP contribution < -0.4 is 5.32 Å². The largest absolute Gasteiger partial charge is 0.445 e. The molecule has 0 fully saturated rings. The number of anilines is 2. The highest BCUT2D eigenvalue weighted by molar-refractivity contribution is 7.19. The number of hydrogen-bond acceptors (Lipinski definition) is 7. The number of benzene rings is 2. The third-order valence-electron chi connectivity index (χ3n) is 6.42. The Morgan fingerprint density at radius 3 is 2.92 bits per heavy atom. The molecule has 0 saturated heterocycles. The van der Waals surface area contributed by atoms with Gasteiger partial charge in [-0.05, 0) is 54.8 Å². The number of thiazole rings is 1. The highest BCUT2D eigenvalue weighted by atomic mass is 32.1. The molecule has 4 heterocycles. The Balaban J connectivity index is 1.22. The minimum Gasteiger partial charge on any atom is -0.445 e. The van der Waals surface area contributed by atoms with Gasteiger partial charge in [-0.25, -0.2) is 14.8 Å². The van der Waals surface area contributed by atoms with Gasteiger partial charge in [0, 0.05) is 28.7 Å². The van der Waals surface area contributed by atoms with Crippen LogP contribution in [0.15, 0.2) is 78.4 Å². The van der Waals surface area contributed by atoms with Crippen LogP contribution in [0.3, 0.4) is 0 Å². The molecule has 0 aliphatic carbocycles. The highest BCUT2D eigenvalue weighted by Gasteiger charge is 2.29. The van der Waals surface area contributed by atoms with E-state index in [1.165, 1.54) is 4.70 Å². The van der Waals surface area contributed by atoms with Gasteiger partial charge >= 0.3 is 6.09 Å². The predicted octanol–water partition coefficient (Wildman–Crippen LogP) is 7.46. The molecule has 1 amide bonds. The van der Waals surface area contributed by atoms with E-state index < -0.39 is 0 Å². The summed E-state index contributed by atoms with van der Waals surface area (Å²) in [5.74, 6) is 0. The number of carbonyl (C=O) groups excluding carboxylic acids is 1. The SMILES string of the molecule is CC1C(c2cc3c(Nc4ccc5scnc5c4)ccnc3s2)=CCCN1C(=O)OCc1ccccc1. The summed E-state index contributed by atoms with van der Waals surface area (Å²) in [5.41, 5.74) is 6.96. The summed E-state index contributed by atoms with van der Waals surface area (Å²) in [6, 6.07) is 20.1. The quantitative estimate of drug-likeness (QED) is 0.265. The first-order valence-corrected chi connectivity index (χ1v) is 13.5. The maximum Gasteiger partial charge on any atom is 0.410 e. The standard InChI is InChI=1S/C28H24N4O2S2/c1-18-21(8-5-13-32(18)28(33)34-16-19-6-3-2-4-7-19)26-15-22-23(11-12-29-27(22)36-26)31-20-9-10-25-24(14-20)30-17-35-25/h2-4,6-12,14-15,17-18H,5,13,16H2,1H3,(H,29,31). The van der Waals surface area contributed by atoms with Crippen molar-refractivity contribution in [3.05, 3.63) is 88.9 Å². The number of thiophene rings is 1. The van der Waals surface area contributed by atoms with Gasteiger partial charge in [-0.1, -0.05) is 36.4 Å². The van der Waals surface area contributed by atoms with Gasteiger partial charge in [-0.2, -0.15) is 0 Å². The van der Waals surface area contributed by atoms with Crippen LogP contribution in [-0.2, 0) is 11.3 Å². The van der Waals surface area contributed by atoms with Crippen molar-refractivity contribution in [1.29, 1.82) is 0 Å². The lowest BCUT2D eigenvalue weighted by Crippen LogP contribution is -2.42. The van der Waals surface area contributed by atoms with Gasteiger partial charge in [0.2, 0.25) is 0 Å². The topological polar surface area (TPSA) is 67.4 Å². The van der Waals surface area contributed by atoms with Crippen LogP contribution in [0.2, 0.25) is 0 Å². The van der Waals surface area contributed by atoms with Crippen molar-refractivity contribution in [2.45, 2.75) is 26.0 Å². The third-order valence-corrected chi connectivity index (χ3v) is 8.32. The Kier molecular flexibility index (Phi) is 6.13. The van der Waals surface area contributed by atoms with Crippen molar-refractivity contribution in [2.75, 3.05) is 11.9 Å². The van der Waals surface area contributed by atoms with Crippen molar-refractivity contribution in [3.63, 3.8) is 0 Å². The second-order valence-corrected chi connectivity index (χ2v) is 10.6. The van der Waals surface area contributed by atoms with E-state index in [-0.39, 0.29) is 18.7 Å². The molecule has 0 spiro atoms. The lowest BCUT2D eigenvalue weighted by Gasteiger charge is -2.33. The zero-order chi connectivity index (χ0) is 24.5.